The van der Waals surface area contributed by atoms with E-state index in [0.717, 1.165) is 34.5 Å². The number of anilines is 3. The van der Waals surface area contributed by atoms with Gasteiger partial charge >= 0.3 is 0 Å². The van der Waals surface area contributed by atoms with Crippen LogP contribution in [0.5, 0.6) is 0 Å². The highest BCUT2D eigenvalue weighted by molar-refractivity contribution is 5.99. The van der Waals surface area contributed by atoms with E-state index >= 15 is 0 Å². The van der Waals surface area contributed by atoms with E-state index in [4.69, 9.17) is 10.1 Å². The van der Waals surface area contributed by atoms with E-state index in [1.165, 1.54) is 0 Å². The predicted octanol–water partition coefficient (Wildman–Crippen LogP) is 2.95. The molecule has 0 unspecified atom stereocenters. The molecule has 0 aliphatic carbocycles. The Balaban J connectivity index is 1.96. The smallest absolute Gasteiger partial charge is 0.228 e. The first-order valence-electron chi connectivity index (χ1n) is 9.29. The summed E-state index contributed by atoms with van der Waals surface area (Å²) >= 11 is 0. The molecule has 1 saturated heterocycles. The topological polar surface area (TPSA) is 72.1 Å². The molecule has 0 bridgehead atoms. The summed E-state index contributed by atoms with van der Waals surface area (Å²) in [6.45, 7) is 6.90. The van der Waals surface area contributed by atoms with Gasteiger partial charge in [0, 0.05) is 45.4 Å². The quantitative estimate of drug-likeness (QED) is 0.709. The number of pyridine rings is 1. The van der Waals surface area contributed by atoms with Gasteiger partial charge in [-0.05, 0) is 27.2 Å². The summed E-state index contributed by atoms with van der Waals surface area (Å²) in [6.07, 6.45) is 5.25. The zero-order chi connectivity index (χ0) is 19.3. The Labute approximate surface area is 158 Å². The molecule has 4 heterocycles. The molecule has 4 rings (SSSR count). The highest BCUT2D eigenvalue weighted by atomic mass is 16.2. The van der Waals surface area contributed by atoms with Gasteiger partial charge in [-0.3, -0.25) is 19.1 Å². The summed E-state index contributed by atoms with van der Waals surface area (Å²) in [6, 6.07) is 2.20. The predicted molar refractivity (Wildman–Crippen MR) is 106 cm³/mol. The average Bonchev–Trinajstić information content (AvgIpc) is 3.33. The molecule has 8 nitrogen and oxygen atoms in total. The van der Waals surface area contributed by atoms with E-state index in [-0.39, 0.29) is 11.9 Å². The van der Waals surface area contributed by atoms with Crippen molar-refractivity contribution in [2.45, 2.75) is 39.7 Å². The normalized spacial score (nSPS) is 14.7. The third-order valence-corrected chi connectivity index (χ3v) is 5.07. The maximum absolute atomic E-state index is 12.3. The van der Waals surface area contributed by atoms with Gasteiger partial charge in [0.25, 0.3) is 0 Å². The molecule has 0 radical (unpaired) electrons. The van der Waals surface area contributed by atoms with Crippen LogP contribution in [0.4, 0.5) is 17.2 Å². The van der Waals surface area contributed by atoms with Crippen LogP contribution in [0.25, 0.3) is 11.0 Å². The fourth-order valence-electron chi connectivity index (χ4n) is 3.63. The van der Waals surface area contributed by atoms with Crippen LogP contribution in [0, 0.1) is 6.92 Å². The van der Waals surface area contributed by atoms with Crippen LogP contribution in [0.15, 0.2) is 18.5 Å². The number of hydrogen-bond donors (Lipinski definition) is 0. The molecule has 3 aromatic rings. The number of aryl methyl sites for hydroxylation is 2. The third kappa shape index (κ3) is 2.85. The summed E-state index contributed by atoms with van der Waals surface area (Å²) in [7, 11) is 3.91. The van der Waals surface area contributed by atoms with Gasteiger partial charge in [0.15, 0.2) is 0 Å². The van der Waals surface area contributed by atoms with Crippen molar-refractivity contribution in [2.24, 2.45) is 7.05 Å². The van der Waals surface area contributed by atoms with Crippen molar-refractivity contribution in [3.8, 4) is 0 Å². The second-order valence-corrected chi connectivity index (χ2v) is 7.40. The van der Waals surface area contributed by atoms with Gasteiger partial charge in [0.1, 0.15) is 16.9 Å². The highest BCUT2D eigenvalue weighted by Gasteiger charge is 2.27. The molecular formula is C19H25N7O. The monoisotopic (exact) mass is 367 g/mol. The van der Waals surface area contributed by atoms with Crippen LogP contribution >= 0.6 is 0 Å². The molecule has 1 fully saturated rings. The van der Waals surface area contributed by atoms with Crippen molar-refractivity contribution >= 4 is 34.1 Å². The van der Waals surface area contributed by atoms with Crippen molar-refractivity contribution in [2.75, 3.05) is 23.4 Å². The van der Waals surface area contributed by atoms with Crippen LogP contribution in [-0.4, -0.2) is 44.0 Å². The minimum atomic E-state index is 0.130. The number of carbonyl (C=O) groups is 1. The van der Waals surface area contributed by atoms with Crippen LogP contribution in [-0.2, 0) is 11.8 Å². The number of amides is 1. The molecule has 0 saturated carbocycles. The Bertz CT molecular complexity index is 1020. The number of rotatable bonds is 4. The van der Waals surface area contributed by atoms with Gasteiger partial charge in [0.05, 0.1) is 23.3 Å². The van der Waals surface area contributed by atoms with Crippen LogP contribution in [0.1, 0.15) is 38.4 Å². The second kappa shape index (κ2) is 6.37. The van der Waals surface area contributed by atoms with E-state index < -0.39 is 0 Å². The van der Waals surface area contributed by atoms with Gasteiger partial charge < -0.3 is 4.90 Å². The van der Waals surface area contributed by atoms with Crippen LogP contribution < -0.4 is 9.80 Å². The van der Waals surface area contributed by atoms with Gasteiger partial charge in [-0.15, -0.1) is 0 Å². The zero-order valence-electron chi connectivity index (χ0n) is 16.5. The molecule has 142 valence electrons. The van der Waals surface area contributed by atoms with Gasteiger partial charge in [-0.1, -0.05) is 0 Å². The van der Waals surface area contributed by atoms with E-state index in [0.29, 0.717) is 18.8 Å². The molecule has 1 amide bonds. The molecule has 1 aliphatic heterocycles. The van der Waals surface area contributed by atoms with E-state index in [9.17, 15) is 4.79 Å². The lowest BCUT2D eigenvalue weighted by Crippen LogP contribution is -2.25. The van der Waals surface area contributed by atoms with Crippen LogP contribution in [0.3, 0.4) is 0 Å². The highest BCUT2D eigenvalue weighted by Crippen LogP contribution is 2.36. The summed E-state index contributed by atoms with van der Waals surface area (Å²) in [5.74, 6) is 0.827. The first-order valence-corrected chi connectivity index (χ1v) is 9.29. The van der Waals surface area contributed by atoms with Crippen LogP contribution in [0.2, 0.25) is 0 Å². The Hall–Kier alpha value is -2.90. The molecule has 8 heteroatoms. The number of aromatic nitrogens is 5. The lowest BCUT2D eigenvalue weighted by Gasteiger charge is -2.23. The lowest BCUT2D eigenvalue weighted by atomic mass is 10.2. The van der Waals surface area contributed by atoms with Gasteiger partial charge in [-0.2, -0.15) is 10.2 Å². The largest absolute Gasteiger partial charge is 0.340 e. The summed E-state index contributed by atoms with van der Waals surface area (Å²) in [4.78, 5) is 21.0. The van der Waals surface area contributed by atoms with Crippen molar-refractivity contribution in [3.05, 3.63) is 24.2 Å². The average molecular weight is 367 g/mol. The lowest BCUT2D eigenvalue weighted by molar-refractivity contribution is -0.117. The van der Waals surface area contributed by atoms with Crippen molar-refractivity contribution in [1.82, 2.24) is 24.5 Å². The molecule has 0 N–H and O–H groups in total. The molecule has 27 heavy (non-hydrogen) atoms. The summed E-state index contributed by atoms with van der Waals surface area (Å²) < 4.78 is 3.79. The summed E-state index contributed by atoms with van der Waals surface area (Å²) in [5.41, 5.74) is 4.62. The minimum Gasteiger partial charge on any atom is -0.340 e. The number of fused-ring (bicyclic) bond motifs is 1. The molecule has 0 spiro atoms. The first kappa shape index (κ1) is 17.5. The van der Waals surface area contributed by atoms with Gasteiger partial charge in [-0.25, -0.2) is 4.98 Å². The Morgan fingerprint density at radius 1 is 1.30 bits per heavy atom. The summed E-state index contributed by atoms with van der Waals surface area (Å²) in [5, 5.41) is 9.01. The molecular weight excluding hydrogens is 342 g/mol. The maximum Gasteiger partial charge on any atom is 0.228 e. The van der Waals surface area contributed by atoms with E-state index in [1.54, 1.807) is 9.58 Å². The molecule has 0 aromatic carbocycles. The standard InChI is InChI=1S/C19H25N7O/c1-12(2)26-19-15(24(5)14-10-20-23(4)11-14)9-16(21-18(19)13(3)22-26)25-8-6-7-17(25)27/h9-12H,6-8H2,1-5H3. The maximum atomic E-state index is 12.3. The van der Waals surface area contributed by atoms with E-state index in [1.807, 2.05) is 44.2 Å². The Morgan fingerprint density at radius 2 is 2.07 bits per heavy atom. The van der Waals surface area contributed by atoms with Crippen molar-refractivity contribution in [3.63, 3.8) is 0 Å². The Morgan fingerprint density at radius 3 is 2.67 bits per heavy atom. The molecule has 3 aromatic heterocycles. The minimum absolute atomic E-state index is 0.130. The fourth-order valence-corrected chi connectivity index (χ4v) is 3.63. The van der Waals surface area contributed by atoms with Crippen molar-refractivity contribution < 1.29 is 4.79 Å². The number of carbonyl (C=O) groups excluding carboxylic acids is 1. The molecule has 0 atom stereocenters. The Kier molecular flexibility index (Phi) is 4.13. The first-order chi connectivity index (χ1) is 12.9. The van der Waals surface area contributed by atoms with E-state index in [2.05, 4.69) is 23.8 Å². The third-order valence-electron chi connectivity index (χ3n) is 5.07. The fraction of sp³-hybridized carbons (Fsp3) is 0.474. The number of hydrogen-bond acceptors (Lipinski definition) is 5. The zero-order valence-corrected chi connectivity index (χ0v) is 16.5. The van der Waals surface area contributed by atoms with Crippen molar-refractivity contribution in [1.29, 1.82) is 0 Å². The second-order valence-electron chi connectivity index (χ2n) is 7.40. The number of nitrogens with zero attached hydrogens (tertiary/aromatic N) is 7. The SMILES string of the molecule is Cc1nn(C(C)C)c2c(N(C)c3cnn(C)c3)cc(N3CCCC3=O)nc12. The molecule has 1 aliphatic rings. The van der Waals surface area contributed by atoms with Gasteiger partial charge in [0.2, 0.25) is 5.91 Å².